The molecule has 0 aromatic carbocycles. The SMILES string of the molecule is C1OC1CC1SC1CSSCC1SC1CC1CO1. The predicted octanol–water partition coefficient (Wildman–Crippen LogP) is 2.91. The number of thioether (sulfide) groups is 2. The molecule has 0 aromatic heterocycles. The Hall–Kier alpha value is 1.32. The first kappa shape index (κ1) is 13.0. The standard InChI is InChI=1S/C12H18O2S4/c1(7-3-13-7)9-11(17-9)5-15-16-6-12-10(18-12)2-8-4-14-8/h7-12H,1-6H2. The van der Waals surface area contributed by atoms with Crippen LogP contribution in [0.3, 0.4) is 0 Å². The highest BCUT2D eigenvalue weighted by Gasteiger charge is 2.44. The number of epoxide rings is 2. The van der Waals surface area contributed by atoms with Crippen molar-refractivity contribution >= 4 is 45.1 Å². The Kier molecular flexibility index (Phi) is 4.05. The van der Waals surface area contributed by atoms with Gasteiger partial charge in [-0.1, -0.05) is 21.6 Å². The second-order valence-corrected chi connectivity index (χ2v) is 10.9. The second kappa shape index (κ2) is 5.60. The molecule has 4 heterocycles. The lowest BCUT2D eigenvalue weighted by molar-refractivity contribution is 0.398. The zero-order valence-electron chi connectivity index (χ0n) is 10.2. The summed E-state index contributed by atoms with van der Waals surface area (Å²) in [6.07, 6.45) is 3.86. The first-order valence-corrected chi connectivity index (χ1v) is 11.0. The maximum absolute atomic E-state index is 5.28. The monoisotopic (exact) mass is 322 g/mol. The summed E-state index contributed by atoms with van der Waals surface area (Å²) < 4.78 is 10.6. The Labute approximate surface area is 125 Å². The predicted molar refractivity (Wildman–Crippen MR) is 84.0 cm³/mol. The van der Waals surface area contributed by atoms with Gasteiger partial charge in [-0.05, 0) is 12.8 Å². The van der Waals surface area contributed by atoms with Gasteiger partial charge in [0, 0.05) is 32.5 Å². The van der Waals surface area contributed by atoms with E-state index >= 15 is 0 Å². The normalized spacial score (nSPS) is 48.0. The molecule has 6 atom stereocenters. The minimum Gasteiger partial charge on any atom is -0.373 e. The van der Waals surface area contributed by atoms with Crippen molar-refractivity contribution in [2.75, 3.05) is 24.7 Å². The fourth-order valence-corrected chi connectivity index (χ4v) is 8.19. The highest BCUT2D eigenvalue weighted by atomic mass is 33.1. The van der Waals surface area contributed by atoms with Crippen LogP contribution in [0.4, 0.5) is 0 Å². The van der Waals surface area contributed by atoms with Crippen molar-refractivity contribution in [3.05, 3.63) is 0 Å². The summed E-state index contributed by atoms with van der Waals surface area (Å²) in [4.78, 5) is 0. The van der Waals surface area contributed by atoms with Gasteiger partial charge in [-0.15, -0.1) is 0 Å². The third kappa shape index (κ3) is 3.92. The smallest absolute Gasteiger partial charge is 0.0820 e. The molecular formula is C12H18O2S4. The van der Waals surface area contributed by atoms with Crippen LogP contribution in [0.1, 0.15) is 12.8 Å². The number of hydrogen-bond donors (Lipinski definition) is 0. The lowest BCUT2D eigenvalue weighted by Crippen LogP contribution is -2.01. The molecule has 6 unspecified atom stereocenters. The van der Waals surface area contributed by atoms with E-state index in [0.717, 1.165) is 34.2 Å². The lowest BCUT2D eigenvalue weighted by Gasteiger charge is -1.98. The third-order valence-corrected chi connectivity index (χ3v) is 9.42. The minimum atomic E-state index is 0.624. The van der Waals surface area contributed by atoms with Crippen LogP contribution in [0.15, 0.2) is 0 Å². The van der Waals surface area contributed by atoms with Gasteiger partial charge in [0.2, 0.25) is 0 Å². The van der Waals surface area contributed by atoms with Crippen LogP contribution in [0, 0.1) is 0 Å². The van der Waals surface area contributed by atoms with Gasteiger partial charge in [0.15, 0.2) is 0 Å². The van der Waals surface area contributed by atoms with Gasteiger partial charge < -0.3 is 9.47 Å². The van der Waals surface area contributed by atoms with Gasteiger partial charge >= 0.3 is 0 Å². The summed E-state index contributed by atoms with van der Waals surface area (Å²) in [5.74, 6) is 2.67. The summed E-state index contributed by atoms with van der Waals surface area (Å²) in [5.41, 5.74) is 0. The number of rotatable bonds is 9. The van der Waals surface area contributed by atoms with Crippen molar-refractivity contribution in [3.8, 4) is 0 Å². The summed E-state index contributed by atoms with van der Waals surface area (Å²) >= 11 is 4.32. The van der Waals surface area contributed by atoms with Gasteiger partial charge in [0.05, 0.1) is 25.4 Å². The van der Waals surface area contributed by atoms with E-state index < -0.39 is 0 Å². The molecule has 4 aliphatic heterocycles. The Bertz CT molecular complexity index is 278. The highest BCUT2D eigenvalue weighted by molar-refractivity contribution is 8.76. The van der Waals surface area contributed by atoms with Gasteiger partial charge in [0.1, 0.15) is 0 Å². The van der Waals surface area contributed by atoms with Gasteiger partial charge in [0.25, 0.3) is 0 Å². The third-order valence-electron chi connectivity index (χ3n) is 3.72. The van der Waals surface area contributed by atoms with Crippen LogP contribution in [0.25, 0.3) is 0 Å². The molecule has 18 heavy (non-hydrogen) atoms. The van der Waals surface area contributed by atoms with Crippen molar-refractivity contribution in [2.45, 2.75) is 46.0 Å². The summed E-state index contributed by atoms with van der Waals surface area (Å²) in [7, 11) is 4.18. The van der Waals surface area contributed by atoms with E-state index in [4.69, 9.17) is 9.47 Å². The fourth-order valence-electron chi connectivity index (χ4n) is 2.22. The van der Waals surface area contributed by atoms with E-state index in [1.807, 2.05) is 0 Å². The van der Waals surface area contributed by atoms with Crippen LogP contribution in [-0.2, 0) is 9.47 Å². The molecule has 2 nitrogen and oxygen atoms in total. The topological polar surface area (TPSA) is 25.1 Å². The van der Waals surface area contributed by atoms with Crippen molar-refractivity contribution in [1.29, 1.82) is 0 Å². The maximum atomic E-state index is 5.28. The molecule has 0 N–H and O–H groups in total. The van der Waals surface area contributed by atoms with E-state index in [-0.39, 0.29) is 0 Å². The van der Waals surface area contributed by atoms with E-state index in [1.165, 1.54) is 24.3 Å². The molecule has 4 rings (SSSR count). The summed E-state index contributed by atoms with van der Waals surface area (Å²) in [6.45, 7) is 2.05. The van der Waals surface area contributed by atoms with E-state index in [2.05, 4.69) is 45.1 Å². The molecule has 6 heteroatoms. The molecule has 0 saturated carbocycles. The van der Waals surface area contributed by atoms with Gasteiger partial charge in [-0.25, -0.2) is 0 Å². The van der Waals surface area contributed by atoms with Crippen molar-refractivity contribution in [3.63, 3.8) is 0 Å². The van der Waals surface area contributed by atoms with Crippen LogP contribution < -0.4 is 0 Å². The second-order valence-electron chi connectivity index (χ2n) is 5.38. The Morgan fingerprint density at radius 1 is 0.778 bits per heavy atom. The molecule has 0 aliphatic carbocycles. The average Bonchev–Trinajstić information content (AvgIpc) is 3.15. The van der Waals surface area contributed by atoms with Crippen molar-refractivity contribution in [1.82, 2.24) is 0 Å². The molecular weight excluding hydrogens is 304 g/mol. The molecule has 0 amide bonds. The molecule has 4 fully saturated rings. The summed E-state index contributed by atoms with van der Waals surface area (Å²) in [5, 5.41) is 3.68. The molecule has 4 aliphatic rings. The van der Waals surface area contributed by atoms with Gasteiger partial charge in [-0.2, -0.15) is 23.5 Å². The molecule has 0 spiro atoms. The first-order chi connectivity index (χ1) is 8.88. The molecule has 0 aromatic rings. The molecule has 4 saturated heterocycles. The van der Waals surface area contributed by atoms with E-state index in [9.17, 15) is 0 Å². The molecule has 0 radical (unpaired) electrons. The Morgan fingerprint density at radius 3 is 1.61 bits per heavy atom. The lowest BCUT2D eigenvalue weighted by atomic mass is 10.2. The number of ether oxygens (including phenoxy) is 2. The fraction of sp³-hybridized carbons (Fsp3) is 1.00. The molecule has 0 bridgehead atoms. The average molecular weight is 323 g/mol. The van der Waals surface area contributed by atoms with Crippen LogP contribution in [0.5, 0.6) is 0 Å². The maximum Gasteiger partial charge on any atom is 0.0820 e. The minimum absolute atomic E-state index is 0.624. The Balaban J connectivity index is 1.01. The Morgan fingerprint density at radius 2 is 1.22 bits per heavy atom. The van der Waals surface area contributed by atoms with Crippen molar-refractivity contribution < 1.29 is 9.47 Å². The zero-order valence-corrected chi connectivity index (χ0v) is 13.4. The van der Waals surface area contributed by atoms with Crippen LogP contribution >= 0.6 is 45.1 Å². The van der Waals surface area contributed by atoms with Crippen LogP contribution in [0.2, 0.25) is 0 Å². The van der Waals surface area contributed by atoms with E-state index in [0.29, 0.717) is 12.2 Å². The molecule has 102 valence electrons. The highest BCUT2D eigenvalue weighted by Crippen LogP contribution is 2.51. The largest absolute Gasteiger partial charge is 0.373 e. The first-order valence-electron chi connectivity index (χ1n) is 6.67. The van der Waals surface area contributed by atoms with Crippen LogP contribution in [-0.4, -0.2) is 57.9 Å². The quantitative estimate of drug-likeness (QED) is 0.368. The van der Waals surface area contributed by atoms with Gasteiger partial charge in [-0.3, -0.25) is 0 Å². The summed E-state index contributed by atoms with van der Waals surface area (Å²) in [6, 6.07) is 0. The zero-order chi connectivity index (χ0) is 11.9. The van der Waals surface area contributed by atoms with E-state index in [1.54, 1.807) is 0 Å². The van der Waals surface area contributed by atoms with Crippen molar-refractivity contribution in [2.24, 2.45) is 0 Å². The number of hydrogen-bond acceptors (Lipinski definition) is 6.